The highest BCUT2D eigenvalue weighted by atomic mass is 14.0. The molecule has 0 fully saturated rings. The Kier molecular flexibility index (Phi) is 1.71. The summed E-state index contributed by atoms with van der Waals surface area (Å²) in [5, 5.41) is 0. The normalized spacial score (nSPS) is 11.7. The number of rotatable bonds is 1. The zero-order valence-corrected chi connectivity index (χ0v) is 6.59. The lowest BCUT2D eigenvalue weighted by atomic mass is 10.0. The van der Waals surface area contributed by atoms with Gasteiger partial charge >= 0.3 is 0 Å². The van der Waals surface area contributed by atoms with Crippen molar-refractivity contribution in [3.8, 4) is 0 Å². The lowest BCUT2D eigenvalue weighted by molar-refractivity contribution is 0.866. The number of hydrogen-bond acceptors (Lipinski definition) is 0. The van der Waals surface area contributed by atoms with Gasteiger partial charge in [0, 0.05) is 1.37 Å². The molecule has 0 N–H and O–H groups in total. The van der Waals surface area contributed by atoms with Gasteiger partial charge in [-0.2, -0.15) is 0 Å². The molecule has 1 aromatic carbocycles. The Labute approximate surface area is 64.3 Å². The van der Waals surface area contributed by atoms with Crippen LogP contribution in [-0.4, -0.2) is 0 Å². The Balaban J connectivity index is 2.83. The number of hydrogen-bond donors (Lipinski definition) is 0. The Morgan fingerprint density at radius 2 is 1.80 bits per heavy atom. The predicted molar refractivity (Wildman–Crippen MR) is 45.3 cm³/mol. The van der Waals surface area contributed by atoms with E-state index in [1.807, 2.05) is 12.1 Å². The minimum atomic E-state index is 0.387. The predicted octanol–water partition coefficient (Wildman–Crippen LogP) is 3.12. The van der Waals surface area contributed by atoms with Gasteiger partial charge in [0.1, 0.15) is 0 Å². The van der Waals surface area contributed by atoms with E-state index in [4.69, 9.17) is 1.37 Å². The van der Waals surface area contributed by atoms with Gasteiger partial charge in [0.05, 0.1) is 0 Å². The van der Waals surface area contributed by atoms with Crippen molar-refractivity contribution >= 4 is 0 Å². The summed E-state index contributed by atoms with van der Waals surface area (Å²) < 4.78 is 7.12. The molecule has 0 atom stereocenters. The molecule has 0 unspecified atom stereocenters. The average molecular weight is 135 g/mol. The van der Waals surface area contributed by atoms with E-state index < -0.39 is 0 Å². The molecule has 0 saturated carbocycles. The smallest absolute Gasteiger partial charge is 0.0280 e. The highest BCUT2D eigenvalue weighted by Gasteiger charge is 1.95. The summed E-state index contributed by atoms with van der Waals surface area (Å²) in [6.45, 7) is 4.74. The lowest BCUT2D eigenvalue weighted by Crippen LogP contribution is -1.85. The van der Waals surface area contributed by atoms with Crippen molar-refractivity contribution in [2.45, 2.75) is 26.7 Å². The van der Waals surface area contributed by atoms with Gasteiger partial charge in [-0.25, -0.2) is 0 Å². The molecule has 1 rings (SSSR count). The third-order valence-electron chi connectivity index (χ3n) is 1.65. The van der Waals surface area contributed by atoms with Gasteiger partial charge in [-0.05, 0) is 18.4 Å². The molecule has 0 amide bonds. The average Bonchev–Trinajstić information content (AvgIpc) is 2.05. The first kappa shape index (κ1) is 5.96. The first-order chi connectivity index (χ1) is 5.24. The third-order valence-corrected chi connectivity index (χ3v) is 1.65. The zero-order chi connectivity index (χ0) is 8.27. The van der Waals surface area contributed by atoms with Crippen LogP contribution in [-0.2, 0) is 0 Å². The summed E-state index contributed by atoms with van der Waals surface area (Å²) in [4.78, 5) is 0. The largest absolute Gasteiger partial charge is 0.0590 e. The van der Waals surface area contributed by atoms with Crippen LogP contribution in [0.2, 0.25) is 0 Å². The molecular formula is C10H14. The van der Waals surface area contributed by atoms with Gasteiger partial charge in [-0.15, -0.1) is 0 Å². The van der Waals surface area contributed by atoms with Crippen LogP contribution in [0.4, 0.5) is 0 Å². The van der Waals surface area contributed by atoms with E-state index in [1.54, 1.807) is 0 Å². The number of aryl methyl sites for hydroxylation is 1. The third kappa shape index (κ3) is 1.60. The molecule has 0 aliphatic heterocycles. The van der Waals surface area contributed by atoms with Crippen molar-refractivity contribution < 1.29 is 1.37 Å². The molecule has 0 radical (unpaired) electrons. The topological polar surface area (TPSA) is 0 Å². The maximum absolute atomic E-state index is 7.12. The fourth-order valence-corrected chi connectivity index (χ4v) is 0.903. The summed E-state index contributed by atoms with van der Waals surface area (Å²) in [7, 11) is 0. The van der Waals surface area contributed by atoms with Crippen LogP contribution in [0.1, 0.15) is 32.3 Å². The number of benzene rings is 1. The molecule has 0 heterocycles. The van der Waals surface area contributed by atoms with Crippen LogP contribution < -0.4 is 0 Å². The highest BCUT2D eigenvalue weighted by Crippen LogP contribution is 2.13. The summed E-state index contributed by atoms with van der Waals surface area (Å²) in [6.07, 6.45) is 0. The standard InChI is InChI=1S/C10H14/c1-8(2)10-6-4-9(3)5-7-10/h4-8H,1-3H3/i3D. The molecule has 0 aliphatic carbocycles. The van der Waals surface area contributed by atoms with Crippen molar-refractivity contribution in [2.24, 2.45) is 0 Å². The SMILES string of the molecule is [2H]Cc1ccc(C(C)C)cc1. The Hall–Kier alpha value is -0.780. The van der Waals surface area contributed by atoms with E-state index in [2.05, 4.69) is 26.0 Å². The highest BCUT2D eigenvalue weighted by molar-refractivity contribution is 5.23. The van der Waals surface area contributed by atoms with Crippen molar-refractivity contribution in [1.29, 1.82) is 0 Å². The second-order valence-corrected chi connectivity index (χ2v) is 2.90. The second kappa shape index (κ2) is 2.87. The molecule has 0 nitrogen and oxygen atoms in total. The van der Waals surface area contributed by atoms with Crippen molar-refractivity contribution in [3.05, 3.63) is 35.4 Å². The molecule has 0 spiro atoms. The second-order valence-electron chi connectivity index (χ2n) is 2.90. The van der Waals surface area contributed by atoms with Gasteiger partial charge in [-0.3, -0.25) is 0 Å². The van der Waals surface area contributed by atoms with Crippen molar-refractivity contribution in [3.63, 3.8) is 0 Å². The van der Waals surface area contributed by atoms with Gasteiger partial charge in [0.25, 0.3) is 0 Å². The first-order valence-corrected chi connectivity index (χ1v) is 3.62. The summed E-state index contributed by atoms with van der Waals surface area (Å²) in [5.74, 6) is 0.592. The molecule has 10 heavy (non-hydrogen) atoms. The van der Waals surface area contributed by atoms with E-state index in [0.717, 1.165) is 5.56 Å². The van der Waals surface area contributed by atoms with E-state index in [0.29, 0.717) is 12.8 Å². The summed E-state index contributed by atoms with van der Waals surface area (Å²) >= 11 is 0. The lowest BCUT2D eigenvalue weighted by Gasteiger charge is -2.03. The van der Waals surface area contributed by atoms with E-state index in [-0.39, 0.29) is 0 Å². The van der Waals surface area contributed by atoms with E-state index in [1.165, 1.54) is 5.56 Å². The maximum Gasteiger partial charge on any atom is 0.0280 e. The fourth-order valence-electron chi connectivity index (χ4n) is 0.903. The van der Waals surface area contributed by atoms with Crippen LogP contribution in [0.15, 0.2) is 24.3 Å². The Morgan fingerprint density at radius 3 is 2.20 bits per heavy atom. The van der Waals surface area contributed by atoms with Crippen LogP contribution in [0.5, 0.6) is 0 Å². The van der Waals surface area contributed by atoms with Gasteiger partial charge < -0.3 is 0 Å². The molecule has 54 valence electrons. The maximum atomic E-state index is 7.12. The summed E-state index contributed by atoms with van der Waals surface area (Å²) in [5.41, 5.74) is 2.44. The molecule has 0 heteroatoms. The Morgan fingerprint density at radius 1 is 1.20 bits per heavy atom. The summed E-state index contributed by atoms with van der Waals surface area (Å²) in [6, 6.07) is 8.27. The van der Waals surface area contributed by atoms with Gasteiger partial charge in [0.15, 0.2) is 0 Å². The van der Waals surface area contributed by atoms with Crippen LogP contribution >= 0.6 is 0 Å². The molecule has 1 aromatic rings. The van der Waals surface area contributed by atoms with Crippen LogP contribution in [0.25, 0.3) is 0 Å². The van der Waals surface area contributed by atoms with Gasteiger partial charge in [0.2, 0.25) is 0 Å². The zero-order valence-electron chi connectivity index (χ0n) is 7.59. The Bertz CT molecular complexity index is 211. The fraction of sp³-hybridized carbons (Fsp3) is 0.400. The van der Waals surface area contributed by atoms with Crippen molar-refractivity contribution in [1.82, 2.24) is 0 Å². The minimum Gasteiger partial charge on any atom is -0.0590 e. The van der Waals surface area contributed by atoms with E-state index >= 15 is 0 Å². The molecule has 0 aliphatic rings. The minimum absolute atomic E-state index is 0.387. The first-order valence-electron chi connectivity index (χ1n) is 4.33. The van der Waals surface area contributed by atoms with E-state index in [9.17, 15) is 0 Å². The van der Waals surface area contributed by atoms with Crippen LogP contribution in [0.3, 0.4) is 0 Å². The molecular weight excluding hydrogens is 120 g/mol. The van der Waals surface area contributed by atoms with Crippen LogP contribution in [0, 0.1) is 6.90 Å². The quantitative estimate of drug-likeness (QED) is 0.555. The molecule has 0 saturated heterocycles. The monoisotopic (exact) mass is 135 g/mol. The van der Waals surface area contributed by atoms with Crippen molar-refractivity contribution in [2.75, 3.05) is 0 Å². The van der Waals surface area contributed by atoms with Gasteiger partial charge in [-0.1, -0.05) is 43.7 Å². The molecule has 0 aromatic heterocycles. The molecule has 0 bridgehead atoms.